The molecular formula is C42H59N7O6S2. The van der Waals surface area contributed by atoms with Crippen molar-refractivity contribution >= 4 is 67.2 Å². The molecule has 4 aliphatic carbocycles. The molecule has 5 N–H and O–H groups in total. The van der Waals surface area contributed by atoms with E-state index >= 15 is 4.79 Å². The first-order chi connectivity index (χ1) is 26.2. The number of unbranched alkanes of at least 4 members (excludes halogenated alkanes) is 2. The predicted octanol–water partition coefficient (Wildman–Crippen LogP) is 4.55. The standard InChI is InChI=1S/C42H55N7O6.2H2S/c1-4-5-6-11-32(36(50)37(43)51)45-39(53)34-18-31(49-35(23-44-47-49)41(2,3)55)24-48(34)40(54)33(22-42-19-25-14-26(20-42)16-27(15-25)21-42)46-38(52)30-13-12-28-9-7-8-10-29(28)17-30;;/h7-10,12-13,17,23,25-27,31-34,55H,4-6,11,14-16,18-22,24H2,1-3H3,(H2,43,51)(H,45,53)(H,46,52);2*1H2/t25?,26?,27?,31-,32?,33?,34-,42?;;/m0../s1. The summed E-state index contributed by atoms with van der Waals surface area (Å²) < 4.78 is 1.56. The Labute approximate surface area is 348 Å². The van der Waals surface area contributed by atoms with Crippen molar-refractivity contribution in [3.8, 4) is 0 Å². The highest BCUT2D eigenvalue weighted by molar-refractivity contribution is 7.59. The van der Waals surface area contributed by atoms with Crippen molar-refractivity contribution in [3.05, 3.63) is 59.9 Å². The fourth-order valence-corrected chi connectivity index (χ4v) is 10.7. The van der Waals surface area contributed by atoms with Gasteiger partial charge in [0.25, 0.3) is 11.8 Å². The van der Waals surface area contributed by atoms with Crippen LogP contribution in [0.15, 0.2) is 48.7 Å². The van der Waals surface area contributed by atoms with Gasteiger partial charge >= 0.3 is 0 Å². The molecule has 57 heavy (non-hydrogen) atoms. The third kappa shape index (κ3) is 9.52. The summed E-state index contributed by atoms with van der Waals surface area (Å²) >= 11 is 0. The fourth-order valence-electron chi connectivity index (χ4n) is 10.7. The maximum Gasteiger partial charge on any atom is 0.287 e. The summed E-state index contributed by atoms with van der Waals surface area (Å²) in [7, 11) is 0. The number of fused-ring (bicyclic) bond motifs is 1. The number of carbonyl (C=O) groups excluding carboxylic acids is 5. The van der Waals surface area contributed by atoms with Crippen molar-refractivity contribution in [2.45, 2.75) is 128 Å². The highest BCUT2D eigenvalue weighted by Gasteiger charge is 2.53. The maximum absolute atomic E-state index is 15.2. The van der Waals surface area contributed by atoms with Gasteiger partial charge < -0.3 is 26.4 Å². The van der Waals surface area contributed by atoms with Crippen LogP contribution in [0.2, 0.25) is 0 Å². The SMILES string of the molecule is CCCCCC(NC(=O)[C@@H]1C[C@H](n2nncc2C(C)(C)O)CN1C(=O)C(CC12CC3CC(CC(C3)C1)C2)NC(=O)c1ccc2ccccc2c1)C(=O)C(N)=O.S.S. The minimum absolute atomic E-state index is 0. The Hall–Kier alpha value is -3.95. The van der Waals surface area contributed by atoms with E-state index in [4.69, 9.17) is 5.73 Å². The molecule has 4 bridgehead atoms. The van der Waals surface area contributed by atoms with Gasteiger partial charge in [-0.3, -0.25) is 24.0 Å². The molecule has 13 nitrogen and oxygen atoms in total. The number of amides is 4. The van der Waals surface area contributed by atoms with Crippen LogP contribution < -0.4 is 16.4 Å². The second-order valence-electron chi connectivity index (χ2n) is 17.5. The van der Waals surface area contributed by atoms with Crippen molar-refractivity contribution in [2.75, 3.05) is 6.54 Å². The molecule has 1 aromatic heterocycles. The smallest absolute Gasteiger partial charge is 0.287 e. The van der Waals surface area contributed by atoms with Gasteiger partial charge in [-0.15, -0.1) is 5.10 Å². The second-order valence-corrected chi connectivity index (χ2v) is 17.5. The van der Waals surface area contributed by atoms with Gasteiger partial charge in [-0.25, -0.2) is 4.68 Å². The molecule has 0 spiro atoms. The Kier molecular flexibility index (Phi) is 13.9. The molecule has 0 radical (unpaired) electrons. The van der Waals surface area contributed by atoms with Gasteiger partial charge in [0.15, 0.2) is 0 Å². The summed E-state index contributed by atoms with van der Waals surface area (Å²) in [5.74, 6) is -1.52. The van der Waals surface area contributed by atoms with Crippen LogP contribution in [0.3, 0.4) is 0 Å². The number of nitrogens with two attached hydrogens (primary N) is 1. The fraction of sp³-hybridized carbons (Fsp3) is 0.595. The number of aromatic nitrogens is 3. The lowest BCUT2D eigenvalue weighted by Gasteiger charge is -2.57. The molecule has 8 rings (SSSR count). The molecule has 15 heteroatoms. The largest absolute Gasteiger partial charge is 0.384 e. The Morgan fingerprint density at radius 3 is 2.18 bits per heavy atom. The van der Waals surface area contributed by atoms with Gasteiger partial charge in [0, 0.05) is 18.5 Å². The van der Waals surface area contributed by atoms with Gasteiger partial charge in [-0.2, -0.15) is 27.0 Å². The van der Waals surface area contributed by atoms with Crippen molar-refractivity contribution < 1.29 is 29.1 Å². The summed E-state index contributed by atoms with van der Waals surface area (Å²) in [6.45, 7) is 5.29. The van der Waals surface area contributed by atoms with Gasteiger partial charge in [0.05, 0.1) is 24.0 Å². The molecule has 2 heterocycles. The number of primary amides is 1. The van der Waals surface area contributed by atoms with E-state index in [-0.39, 0.29) is 63.6 Å². The Balaban J connectivity index is 0.00000310. The molecule has 5 aliphatic rings. The zero-order chi connectivity index (χ0) is 39.1. The van der Waals surface area contributed by atoms with E-state index in [1.165, 1.54) is 30.4 Å². The van der Waals surface area contributed by atoms with Crippen LogP contribution in [0.1, 0.15) is 120 Å². The molecule has 2 aromatic carbocycles. The highest BCUT2D eigenvalue weighted by atomic mass is 32.1. The molecule has 3 aromatic rings. The van der Waals surface area contributed by atoms with Gasteiger partial charge in [0.2, 0.25) is 17.6 Å². The summed E-state index contributed by atoms with van der Waals surface area (Å²) in [6.07, 6.45) is 11.3. The van der Waals surface area contributed by atoms with E-state index in [9.17, 15) is 24.3 Å². The zero-order valence-electron chi connectivity index (χ0n) is 33.2. The number of nitrogens with one attached hydrogen (secondary N) is 2. The lowest BCUT2D eigenvalue weighted by molar-refractivity contribution is -0.143. The van der Waals surface area contributed by atoms with Crippen molar-refractivity contribution in [1.82, 2.24) is 30.5 Å². The topological polar surface area (TPSA) is 190 Å². The lowest BCUT2D eigenvalue weighted by Crippen LogP contribution is -2.58. The zero-order valence-corrected chi connectivity index (χ0v) is 35.2. The normalized spacial score (nSPS) is 25.9. The summed E-state index contributed by atoms with van der Waals surface area (Å²) in [5, 5.41) is 27.1. The third-order valence-electron chi connectivity index (χ3n) is 12.8. The first-order valence-corrected chi connectivity index (χ1v) is 20.1. The molecule has 2 unspecified atom stereocenters. The van der Waals surface area contributed by atoms with Crippen molar-refractivity contribution in [1.29, 1.82) is 0 Å². The summed E-state index contributed by atoms with van der Waals surface area (Å²) in [4.78, 5) is 70.2. The monoisotopic (exact) mass is 821 g/mol. The number of likely N-dealkylation sites (tertiary alicyclic amines) is 1. The van der Waals surface area contributed by atoms with Crippen LogP contribution in [-0.2, 0) is 24.8 Å². The number of aliphatic hydroxyl groups is 1. The number of ketones is 1. The molecule has 4 amide bonds. The number of hydrogen-bond donors (Lipinski definition) is 4. The number of carbonyl (C=O) groups is 5. The number of nitrogens with zero attached hydrogens (tertiary/aromatic N) is 4. The van der Waals surface area contributed by atoms with Crippen LogP contribution in [0, 0.1) is 23.2 Å². The first kappa shape index (κ1) is 44.2. The van der Waals surface area contributed by atoms with E-state index < -0.39 is 47.4 Å². The van der Waals surface area contributed by atoms with E-state index in [0.717, 1.165) is 42.9 Å². The number of Topliss-reactive ketones (excluding diaryl/α,β-unsaturated/α-hetero) is 1. The van der Waals surface area contributed by atoms with Crippen LogP contribution in [-0.4, -0.2) is 79.1 Å². The molecule has 4 atom stereocenters. The molecular weight excluding hydrogens is 763 g/mol. The number of rotatable bonds is 15. The second kappa shape index (κ2) is 17.9. The molecule has 4 saturated carbocycles. The molecule has 5 fully saturated rings. The van der Waals surface area contributed by atoms with Crippen LogP contribution >= 0.6 is 27.0 Å². The lowest BCUT2D eigenvalue weighted by atomic mass is 9.48. The summed E-state index contributed by atoms with van der Waals surface area (Å²) in [6, 6.07) is 9.60. The van der Waals surface area contributed by atoms with Gasteiger partial charge in [-0.1, -0.05) is 61.7 Å². The Bertz CT molecular complexity index is 1930. The predicted molar refractivity (Wildman–Crippen MR) is 226 cm³/mol. The van der Waals surface area contributed by atoms with Crippen molar-refractivity contribution in [3.63, 3.8) is 0 Å². The Morgan fingerprint density at radius 2 is 1.56 bits per heavy atom. The van der Waals surface area contributed by atoms with Crippen LogP contribution in [0.25, 0.3) is 10.8 Å². The van der Waals surface area contributed by atoms with Gasteiger partial charge in [0.1, 0.15) is 17.7 Å². The van der Waals surface area contributed by atoms with Crippen LogP contribution in [0.5, 0.6) is 0 Å². The van der Waals surface area contributed by atoms with E-state index in [1.807, 2.05) is 43.3 Å². The third-order valence-corrected chi connectivity index (χ3v) is 12.8. The highest BCUT2D eigenvalue weighted by Crippen LogP contribution is 2.61. The molecule has 1 saturated heterocycles. The molecule has 310 valence electrons. The average Bonchev–Trinajstić information content (AvgIpc) is 3.81. The number of hydrogen-bond acceptors (Lipinski definition) is 8. The Morgan fingerprint density at radius 1 is 0.912 bits per heavy atom. The number of benzene rings is 2. The average molecular weight is 822 g/mol. The van der Waals surface area contributed by atoms with Crippen molar-refractivity contribution in [2.24, 2.45) is 28.9 Å². The molecule has 1 aliphatic heterocycles. The first-order valence-electron chi connectivity index (χ1n) is 20.1. The maximum atomic E-state index is 15.2. The van der Waals surface area contributed by atoms with E-state index in [0.29, 0.717) is 41.9 Å². The van der Waals surface area contributed by atoms with E-state index in [2.05, 4.69) is 20.9 Å². The summed E-state index contributed by atoms with van der Waals surface area (Å²) in [5.41, 5.74) is 4.86. The minimum Gasteiger partial charge on any atom is -0.384 e. The minimum atomic E-state index is -1.31. The van der Waals surface area contributed by atoms with E-state index in [1.54, 1.807) is 24.6 Å². The quantitative estimate of drug-likeness (QED) is 0.127. The van der Waals surface area contributed by atoms with Gasteiger partial charge in [-0.05, 0) is 111 Å². The van der Waals surface area contributed by atoms with Crippen LogP contribution in [0.4, 0.5) is 0 Å².